The Morgan fingerprint density at radius 3 is 3.11 bits per heavy atom. The van der Waals surface area contributed by atoms with Crippen LogP contribution < -0.4 is 10.6 Å². The van der Waals surface area contributed by atoms with Crippen LogP contribution in [-0.2, 0) is 6.42 Å². The van der Waals surface area contributed by atoms with Crippen LogP contribution in [0.1, 0.15) is 12.2 Å². The number of nitrogens with one attached hydrogen (secondary N) is 2. The lowest BCUT2D eigenvalue weighted by Crippen LogP contribution is -2.35. The summed E-state index contributed by atoms with van der Waals surface area (Å²) < 4.78 is 2.01. The van der Waals surface area contributed by atoms with E-state index in [1.54, 1.807) is 6.08 Å². The summed E-state index contributed by atoms with van der Waals surface area (Å²) in [7, 11) is 0. The molecule has 0 fully saturated rings. The van der Waals surface area contributed by atoms with Crippen molar-refractivity contribution in [1.29, 1.82) is 0 Å². The highest BCUT2D eigenvalue weighted by Gasteiger charge is 2.03. The summed E-state index contributed by atoms with van der Waals surface area (Å²) in [6.45, 7) is 5.12. The highest BCUT2D eigenvalue weighted by Crippen LogP contribution is 2.04. The molecule has 0 aliphatic carbocycles. The number of fused-ring (bicyclic) bond motifs is 1. The summed E-state index contributed by atoms with van der Waals surface area (Å²) in [5.41, 5.74) is 0.883. The summed E-state index contributed by atoms with van der Waals surface area (Å²) in [5, 5.41) is 15.1. The van der Waals surface area contributed by atoms with Crippen molar-refractivity contribution in [1.82, 2.24) is 25.2 Å². The molecule has 2 aromatic heterocycles. The Hall–Kier alpha value is -1.95. The number of pyridine rings is 1. The fourth-order valence-electron chi connectivity index (χ4n) is 1.74. The second-order valence-electron chi connectivity index (χ2n) is 4.07. The normalized spacial score (nSPS) is 10.3. The molecule has 100 valence electrons. The number of nitrogens with zero attached hydrogens (tertiary/aromatic N) is 3. The van der Waals surface area contributed by atoms with Crippen molar-refractivity contribution in [3.8, 4) is 0 Å². The predicted octanol–water partition coefficient (Wildman–Crippen LogP) is 1.31. The minimum absolute atomic E-state index is 0.658. The predicted molar refractivity (Wildman–Crippen MR) is 80.1 cm³/mol. The largest absolute Gasteiger partial charge is 0.363 e. The fraction of sp³-hybridized carbons (Fsp3) is 0.308. The van der Waals surface area contributed by atoms with Crippen molar-refractivity contribution in [2.24, 2.45) is 0 Å². The molecule has 19 heavy (non-hydrogen) atoms. The minimum atomic E-state index is 0.658. The first kappa shape index (κ1) is 13.5. The number of aryl methyl sites for hydroxylation is 1. The molecule has 2 rings (SSSR count). The van der Waals surface area contributed by atoms with Crippen LogP contribution in [0.5, 0.6) is 0 Å². The quantitative estimate of drug-likeness (QED) is 0.473. The average molecular weight is 275 g/mol. The summed E-state index contributed by atoms with van der Waals surface area (Å²) >= 11 is 5.11. The van der Waals surface area contributed by atoms with Crippen LogP contribution in [0.25, 0.3) is 5.65 Å². The second-order valence-corrected chi connectivity index (χ2v) is 4.48. The van der Waals surface area contributed by atoms with Crippen LogP contribution >= 0.6 is 12.2 Å². The first-order valence-electron chi connectivity index (χ1n) is 6.22. The van der Waals surface area contributed by atoms with E-state index in [-0.39, 0.29) is 0 Å². The van der Waals surface area contributed by atoms with Crippen molar-refractivity contribution in [2.75, 3.05) is 13.1 Å². The molecule has 0 bridgehead atoms. The first-order chi connectivity index (χ1) is 9.31. The maximum absolute atomic E-state index is 5.11. The molecule has 0 unspecified atom stereocenters. The van der Waals surface area contributed by atoms with Crippen LogP contribution in [0.2, 0.25) is 0 Å². The van der Waals surface area contributed by atoms with E-state index in [1.165, 1.54) is 0 Å². The van der Waals surface area contributed by atoms with Crippen LogP contribution in [0, 0.1) is 0 Å². The van der Waals surface area contributed by atoms with Gasteiger partial charge in [-0.05, 0) is 30.8 Å². The molecule has 0 radical (unpaired) electrons. The molecular formula is C13H17N5S. The van der Waals surface area contributed by atoms with Gasteiger partial charge >= 0.3 is 0 Å². The maximum Gasteiger partial charge on any atom is 0.166 e. The Balaban J connectivity index is 1.77. The second kappa shape index (κ2) is 6.84. The molecule has 6 heteroatoms. The van der Waals surface area contributed by atoms with E-state index < -0.39 is 0 Å². The number of rotatable bonds is 6. The summed E-state index contributed by atoms with van der Waals surface area (Å²) in [4.78, 5) is 0. The fourth-order valence-corrected chi connectivity index (χ4v) is 1.92. The Bertz CT molecular complexity index is 563. The maximum atomic E-state index is 5.11. The molecule has 0 aliphatic rings. The molecule has 0 atom stereocenters. The number of thiocarbonyl (C=S) groups is 1. The van der Waals surface area contributed by atoms with E-state index in [4.69, 9.17) is 12.2 Å². The van der Waals surface area contributed by atoms with Crippen molar-refractivity contribution in [2.45, 2.75) is 12.8 Å². The Labute approximate surface area is 117 Å². The third kappa shape index (κ3) is 3.75. The smallest absolute Gasteiger partial charge is 0.166 e. The Morgan fingerprint density at radius 1 is 1.37 bits per heavy atom. The zero-order valence-electron chi connectivity index (χ0n) is 10.7. The molecular weight excluding hydrogens is 258 g/mol. The van der Waals surface area contributed by atoms with Gasteiger partial charge in [0.1, 0.15) is 5.82 Å². The molecule has 2 N–H and O–H groups in total. The van der Waals surface area contributed by atoms with Crippen LogP contribution in [0.4, 0.5) is 0 Å². The lowest BCUT2D eigenvalue weighted by atomic mass is 10.3. The zero-order chi connectivity index (χ0) is 13.5. The summed E-state index contributed by atoms with van der Waals surface area (Å²) in [6.07, 6.45) is 5.57. The first-order valence-corrected chi connectivity index (χ1v) is 6.63. The summed E-state index contributed by atoms with van der Waals surface area (Å²) in [5.74, 6) is 0.974. The van der Waals surface area contributed by atoms with E-state index in [2.05, 4.69) is 27.4 Å². The molecule has 0 aromatic carbocycles. The van der Waals surface area contributed by atoms with E-state index in [1.807, 2.05) is 28.8 Å². The average Bonchev–Trinajstić information content (AvgIpc) is 2.85. The van der Waals surface area contributed by atoms with Gasteiger partial charge in [0.15, 0.2) is 10.8 Å². The Morgan fingerprint density at radius 2 is 2.26 bits per heavy atom. The van der Waals surface area contributed by atoms with Gasteiger partial charge in [0, 0.05) is 25.7 Å². The van der Waals surface area contributed by atoms with E-state index in [0.717, 1.165) is 30.9 Å². The van der Waals surface area contributed by atoms with E-state index >= 15 is 0 Å². The van der Waals surface area contributed by atoms with Crippen molar-refractivity contribution < 1.29 is 0 Å². The number of hydrogen-bond acceptors (Lipinski definition) is 3. The van der Waals surface area contributed by atoms with Gasteiger partial charge < -0.3 is 10.6 Å². The highest BCUT2D eigenvalue weighted by molar-refractivity contribution is 7.80. The monoisotopic (exact) mass is 275 g/mol. The van der Waals surface area contributed by atoms with Gasteiger partial charge in [-0.25, -0.2) is 0 Å². The lowest BCUT2D eigenvalue weighted by molar-refractivity contribution is 0.726. The van der Waals surface area contributed by atoms with Crippen molar-refractivity contribution >= 4 is 23.0 Å². The minimum Gasteiger partial charge on any atom is -0.363 e. The SMILES string of the molecule is C=CCNC(=S)NCCCc1nnc2ccccn12. The molecule has 5 nitrogen and oxygen atoms in total. The number of hydrogen-bond donors (Lipinski definition) is 2. The van der Waals surface area contributed by atoms with Gasteiger partial charge in [-0.1, -0.05) is 12.1 Å². The third-order valence-electron chi connectivity index (χ3n) is 2.65. The van der Waals surface area contributed by atoms with Crippen LogP contribution in [0.3, 0.4) is 0 Å². The lowest BCUT2D eigenvalue weighted by Gasteiger charge is -2.08. The third-order valence-corrected chi connectivity index (χ3v) is 2.94. The molecule has 0 amide bonds. The van der Waals surface area contributed by atoms with Gasteiger partial charge in [-0.2, -0.15) is 0 Å². The molecule has 0 saturated carbocycles. The summed E-state index contributed by atoms with van der Waals surface area (Å²) in [6, 6.07) is 5.88. The zero-order valence-corrected chi connectivity index (χ0v) is 11.5. The molecule has 2 aromatic rings. The van der Waals surface area contributed by atoms with Crippen molar-refractivity contribution in [3.63, 3.8) is 0 Å². The highest BCUT2D eigenvalue weighted by atomic mass is 32.1. The Kier molecular flexibility index (Phi) is 4.85. The van der Waals surface area contributed by atoms with Gasteiger partial charge in [0.2, 0.25) is 0 Å². The standard InChI is InChI=1S/C13H17N5S/c1-2-8-14-13(19)15-9-5-7-12-17-16-11-6-3-4-10-18(11)12/h2-4,6,10H,1,5,7-9H2,(H2,14,15,19). The van der Waals surface area contributed by atoms with Gasteiger partial charge in [0.25, 0.3) is 0 Å². The van der Waals surface area contributed by atoms with Gasteiger partial charge in [-0.3, -0.25) is 4.40 Å². The topological polar surface area (TPSA) is 54.2 Å². The molecule has 0 spiro atoms. The van der Waals surface area contributed by atoms with Crippen LogP contribution in [-0.4, -0.2) is 32.8 Å². The van der Waals surface area contributed by atoms with E-state index in [9.17, 15) is 0 Å². The van der Waals surface area contributed by atoms with Gasteiger partial charge in [-0.15, -0.1) is 16.8 Å². The van der Waals surface area contributed by atoms with E-state index in [0.29, 0.717) is 11.7 Å². The van der Waals surface area contributed by atoms with Crippen molar-refractivity contribution in [3.05, 3.63) is 42.9 Å². The van der Waals surface area contributed by atoms with Gasteiger partial charge in [0.05, 0.1) is 0 Å². The van der Waals surface area contributed by atoms with Crippen LogP contribution in [0.15, 0.2) is 37.1 Å². The number of aromatic nitrogens is 3. The molecule has 0 saturated heterocycles. The molecule has 0 aliphatic heterocycles. The molecule has 2 heterocycles.